The molecule has 0 aliphatic carbocycles. The summed E-state index contributed by atoms with van der Waals surface area (Å²) in [5.74, 6) is -0.544. The Hall–Kier alpha value is -0.960. The second-order valence-electron chi connectivity index (χ2n) is 3.80. The van der Waals surface area contributed by atoms with E-state index in [0.29, 0.717) is 6.42 Å². The van der Waals surface area contributed by atoms with E-state index >= 15 is 0 Å². The van der Waals surface area contributed by atoms with E-state index in [0.717, 1.165) is 11.3 Å². The molecule has 1 unspecified atom stereocenters. The van der Waals surface area contributed by atoms with Crippen LogP contribution in [-0.4, -0.2) is 34.1 Å². The zero-order valence-electron chi connectivity index (χ0n) is 10.2. The number of carbonyl (C=O) groups excluding carboxylic acids is 1. The SMILES string of the molecule is COC(=O)c1cc(S(=O)(=O)NCCC(C)N)cs1. The summed E-state index contributed by atoms with van der Waals surface area (Å²) in [5.41, 5.74) is 5.53. The van der Waals surface area contributed by atoms with Crippen LogP contribution in [0.25, 0.3) is 0 Å². The van der Waals surface area contributed by atoms with Crippen LogP contribution in [0.1, 0.15) is 23.0 Å². The van der Waals surface area contributed by atoms with Crippen LogP contribution in [0.2, 0.25) is 0 Å². The number of thiophene rings is 1. The van der Waals surface area contributed by atoms with Gasteiger partial charge in [-0.25, -0.2) is 17.9 Å². The summed E-state index contributed by atoms with van der Waals surface area (Å²) in [6.45, 7) is 2.07. The Labute approximate surface area is 110 Å². The minimum absolute atomic E-state index is 0.0672. The van der Waals surface area contributed by atoms with Crippen molar-refractivity contribution in [1.82, 2.24) is 4.72 Å². The molecule has 1 rings (SSSR count). The van der Waals surface area contributed by atoms with Crippen molar-refractivity contribution in [3.63, 3.8) is 0 Å². The number of hydrogen-bond donors (Lipinski definition) is 2. The highest BCUT2D eigenvalue weighted by Gasteiger charge is 2.18. The van der Waals surface area contributed by atoms with Gasteiger partial charge in [-0.05, 0) is 19.4 Å². The molecular weight excluding hydrogens is 276 g/mol. The Morgan fingerprint density at radius 2 is 2.28 bits per heavy atom. The molecule has 18 heavy (non-hydrogen) atoms. The number of sulfonamides is 1. The van der Waals surface area contributed by atoms with Crippen molar-refractivity contribution in [2.24, 2.45) is 5.73 Å². The maximum atomic E-state index is 11.8. The first-order valence-corrected chi connectivity index (χ1v) is 7.65. The fraction of sp³-hybridized carbons (Fsp3) is 0.500. The summed E-state index contributed by atoms with van der Waals surface area (Å²) in [6.07, 6.45) is 0.549. The minimum atomic E-state index is -3.58. The molecule has 1 aromatic rings. The van der Waals surface area contributed by atoms with E-state index in [2.05, 4.69) is 9.46 Å². The molecule has 6 nitrogen and oxygen atoms in total. The van der Waals surface area contributed by atoms with Gasteiger partial charge in [-0.2, -0.15) is 0 Å². The van der Waals surface area contributed by atoms with Crippen LogP contribution >= 0.6 is 11.3 Å². The highest BCUT2D eigenvalue weighted by Crippen LogP contribution is 2.19. The average Bonchev–Trinajstić information content (AvgIpc) is 2.77. The van der Waals surface area contributed by atoms with Gasteiger partial charge in [0, 0.05) is 18.0 Å². The zero-order valence-corrected chi connectivity index (χ0v) is 11.8. The molecule has 0 bridgehead atoms. The molecule has 0 saturated carbocycles. The predicted molar refractivity (Wildman–Crippen MR) is 69.1 cm³/mol. The lowest BCUT2D eigenvalue weighted by atomic mass is 10.3. The van der Waals surface area contributed by atoms with E-state index in [1.54, 1.807) is 6.92 Å². The summed E-state index contributed by atoms with van der Waals surface area (Å²) in [5, 5.41) is 1.40. The molecule has 102 valence electrons. The van der Waals surface area contributed by atoms with Crippen molar-refractivity contribution >= 4 is 27.3 Å². The van der Waals surface area contributed by atoms with E-state index < -0.39 is 16.0 Å². The lowest BCUT2D eigenvalue weighted by Gasteiger charge is -2.06. The molecule has 0 spiro atoms. The van der Waals surface area contributed by atoms with Crippen molar-refractivity contribution in [2.45, 2.75) is 24.3 Å². The third kappa shape index (κ3) is 4.05. The fourth-order valence-electron chi connectivity index (χ4n) is 1.17. The highest BCUT2D eigenvalue weighted by molar-refractivity contribution is 7.89. The van der Waals surface area contributed by atoms with Crippen molar-refractivity contribution in [3.05, 3.63) is 16.3 Å². The maximum absolute atomic E-state index is 11.8. The standard InChI is InChI=1S/C10H16N2O4S2/c1-7(11)3-4-12-18(14,15)8-5-9(17-6-8)10(13)16-2/h5-7,12H,3-4,11H2,1-2H3. The van der Waals surface area contributed by atoms with E-state index in [4.69, 9.17) is 5.73 Å². The van der Waals surface area contributed by atoms with Gasteiger partial charge < -0.3 is 10.5 Å². The Morgan fingerprint density at radius 1 is 1.61 bits per heavy atom. The molecule has 3 N–H and O–H groups in total. The third-order valence-corrected chi connectivity index (χ3v) is 4.66. The second kappa shape index (κ2) is 6.28. The normalized spacial score (nSPS) is 13.3. The van der Waals surface area contributed by atoms with E-state index in [1.165, 1.54) is 18.6 Å². The molecule has 0 aliphatic heterocycles. The van der Waals surface area contributed by atoms with Gasteiger partial charge >= 0.3 is 5.97 Å². The second-order valence-corrected chi connectivity index (χ2v) is 6.48. The van der Waals surface area contributed by atoms with Gasteiger partial charge in [0.15, 0.2) is 0 Å². The number of nitrogens with two attached hydrogens (primary N) is 1. The topological polar surface area (TPSA) is 98.5 Å². The van der Waals surface area contributed by atoms with Crippen molar-refractivity contribution in [2.75, 3.05) is 13.7 Å². The first kappa shape index (κ1) is 15.1. The van der Waals surface area contributed by atoms with Crippen molar-refractivity contribution < 1.29 is 17.9 Å². The number of nitrogens with one attached hydrogen (secondary N) is 1. The Bertz CT molecular complexity index is 508. The third-order valence-electron chi connectivity index (χ3n) is 2.16. The first-order chi connectivity index (χ1) is 8.36. The molecule has 8 heteroatoms. The fourth-order valence-corrected chi connectivity index (χ4v) is 3.41. The Balaban J connectivity index is 2.73. The molecule has 1 aromatic heterocycles. The number of esters is 1. The van der Waals surface area contributed by atoms with Gasteiger partial charge in [-0.15, -0.1) is 11.3 Å². The summed E-state index contributed by atoms with van der Waals surface area (Å²) in [7, 11) is -2.33. The largest absolute Gasteiger partial charge is 0.465 e. The maximum Gasteiger partial charge on any atom is 0.348 e. The summed E-state index contributed by atoms with van der Waals surface area (Å²) < 4.78 is 30.6. The van der Waals surface area contributed by atoms with E-state index in [9.17, 15) is 13.2 Å². The van der Waals surface area contributed by atoms with Gasteiger partial charge in [-0.1, -0.05) is 0 Å². The number of rotatable bonds is 6. The van der Waals surface area contributed by atoms with Gasteiger partial charge in [0.2, 0.25) is 10.0 Å². The smallest absolute Gasteiger partial charge is 0.348 e. The lowest BCUT2D eigenvalue weighted by Crippen LogP contribution is -2.28. The summed E-state index contributed by atoms with van der Waals surface area (Å²) in [4.78, 5) is 11.5. The number of hydrogen-bond acceptors (Lipinski definition) is 6. The quantitative estimate of drug-likeness (QED) is 0.746. The monoisotopic (exact) mass is 292 g/mol. The molecule has 1 atom stereocenters. The van der Waals surface area contributed by atoms with Crippen LogP contribution in [0.5, 0.6) is 0 Å². The molecule has 0 amide bonds. The Kier molecular flexibility index (Phi) is 5.27. The van der Waals surface area contributed by atoms with Crippen LogP contribution in [0, 0.1) is 0 Å². The minimum Gasteiger partial charge on any atom is -0.465 e. The van der Waals surface area contributed by atoms with Gasteiger partial charge in [-0.3, -0.25) is 0 Å². The lowest BCUT2D eigenvalue weighted by molar-refractivity contribution is 0.0606. The average molecular weight is 292 g/mol. The van der Waals surface area contributed by atoms with Crippen molar-refractivity contribution in [3.8, 4) is 0 Å². The molecule has 0 saturated heterocycles. The molecule has 0 fully saturated rings. The van der Waals surface area contributed by atoms with E-state index in [1.807, 2.05) is 0 Å². The first-order valence-electron chi connectivity index (χ1n) is 5.29. The summed E-state index contributed by atoms with van der Waals surface area (Å²) in [6, 6.07) is 1.23. The van der Waals surface area contributed by atoms with Gasteiger partial charge in [0.1, 0.15) is 4.88 Å². The predicted octanol–water partition coefficient (Wildman–Crippen LogP) is 0.550. The van der Waals surface area contributed by atoms with Gasteiger partial charge in [0.25, 0.3) is 0 Å². The van der Waals surface area contributed by atoms with E-state index in [-0.39, 0.29) is 22.4 Å². The van der Waals surface area contributed by atoms with Crippen LogP contribution in [0.15, 0.2) is 16.3 Å². The molecule has 0 aromatic carbocycles. The zero-order chi connectivity index (χ0) is 13.8. The van der Waals surface area contributed by atoms with Gasteiger partial charge in [0.05, 0.1) is 12.0 Å². The summed E-state index contributed by atoms with van der Waals surface area (Å²) >= 11 is 1.03. The molecular formula is C10H16N2O4S2. The van der Waals surface area contributed by atoms with Crippen LogP contribution in [0.4, 0.5) is 0 Å². The Morgan fingerprint density at radius 3 is 2.83 bits per heavy atom. The highest BCUT2D eigenvalue weighted by atomic mass is 32.2. The number of carbonyl (C=O) groups is 1. The van der Waals surface area contributed by atoms with Crippen LogP contribution in [-0.2, 0) is 14.8 Å². The molecule has 1 heterocycles. The van der Waals surface area contributed by atoms with Crippen LogP contribution < -0.4 is 10.5 Å². The number of methoxy groups -OCH3 is 1. The van der Waals surface area contributed by atoms with Crippen molar-refractivity contribution in [1.29, 1.82) is 0 Å². The number of ether oxygens (including phenoxy) is 1. The molecule has 0 radical (unpaired) electrons. The molecule has 0 aliphatic rings. The van der Waals surface area contributed by atoms with Crippen LogP contribution in [0.3, 0.4) is 0 Å².